The number of carbonyl (C=O) groups excluding carboxylic acids is 1. The number of amides is 1. The van der Waals surface area contributed by atoms with Gasteiger partial charge in [-0.25, -0.2) is 19.6 Å². The summed E-state index contributed by atoms with van der Waals surface area (Å²) in [5, 5.41) is 9.31. The lowest BCUT2D eigenvalue weighted by atomic mass is 10.0. The summed E-state index contributed by atoms with van der Waals surface area (Å²) in [6.45, 7) is 6.89. The monoisotopic (exact) mass is 456 g/mol. The zero-order valence-electron chi connectivity index (χ0n) is 19.5. The Bertz CT molecular complexity index is 1340. The molecule has 3 aromatic heterocycles. The summed E-state index contributed by atoms with van der Waals surface area (Å²) in [4.78, 5) is 28.2. The Morgan fingerprint density at radius 2 is 1.88 bits per heavy atom. The van der Waals surface area contributed by atoms with E-state index in [-0.39, 0.29) is 11.7 Å². The summed E-state index contributed by atoms with van der Waals surface area (Å²) in [7, 11) is 0. The van der Waals surface area contributed by atoms with Gasteiger partial charge in [0.25, 0.3) is 5.91 Å². The Morgan fingerprint density at radius 3 is 2.65 bits per heavy atom. The molecule has 1 aromatic carbocycles. The number of nitrogens with two attached hydrogens (primary N) is 1. The molecule has 0 atom stereocenters. The first kappa shape index (κ1) is 21.8. The van der Waals surface area contributed by atoms with Crippen molar-refractivity contribution in [1.29, 1.82) is 0 Å². The van der Waals surface area contributed by atoms with E-state index in [1.807, 2.05) is 38.2 Å². The van der Waals surface area contributed by atoms with Crippen molar-refractivity contribution in [2.45, 2.75) is 39.8 Å². The number of aromatic nitrogens is 5. The third-order valence-electron chi connectivity index (χ3n) is 6.43. The Balaban J connectivity index is 1.25. The van der Waals surface area contributed by atoms with Gasteiger partial charge in [-0.3, -0.25) is 4.79 Å². The lowest BCUT2D eigenvalue weighted by molar-refractivity contribution is 0.0940. The Labute approximate surface area is 198 Å². The molecule has 174 valence electrons. The number of hydrogen-bond acceptors (Lipinski definition) is 7. The molecule has 0 saturated carbocycles. The van der Waals surface area contributed by atoms with Gasteiger partial charge in [0, 0.05) is 37.4 Å². The number of benzene rings is 1. The highest BCUT2D eigenvalue weighted by Gasteiger charge is 2.16. The quantitative estimate of drug-likeness (QED) is 0.458. The Morgan fingerprint density at radius 1 is 1.06 bits per heavy atom. The molecule has 0 radical (unpaired) electrons. The van der Waals surface area contributed by atoms with Crippen LogP contribution in [-0.4, -0.2) is 43.7 Å². The van der Waals surface area contributed by atoms with E-state index in [0.717, 1.165) is 46.4 Å². The molecule has 1 aliphatic rings. The van der Waals surface area contributed by atoms with Crippen LogP contribution in [0.5, 0.6) is 0 Å². The maximum atomic E-state index is 12.8. The van der Waals surface area contributed by atoms with Crippen LogP contribution in [0.1, 0.15) is 46.0 Å². The Hall–Kier alpha value is -4.01. The molecule has 0 aliphatic carbocycles. The predicted octanol–water partition coefficient (Wildman–Crippen LogP) is 3.00. The number of rotatable bonds is 6. The predicted molar refractivity (Wildman–Crippen MR) is 132 cm³/mol. The first-order chi connectivity index (χ1) is 16.5. The molecular weight excluding hydrogens is 428 g/mol. The summed E-state index contributed by atoms with van der Waals surface area (Å²) in [6, 6.07) is 9.95. The zero-order chi connectivity index (χ0) is 23.7. The van der Waals surface area contributed by atoms with E-state index in [1.165, 1.54) is 12.8 Å². The van der Waals surface area contributed by atoms with Crippen LogP contribution in [0.4, 0.5) is 11.6 Å². The van der Waals surface area contributed by atoms with Crippen LogP contribution < -0.4 is 16.0 Å². The van der Waals surface area contributed by atoms with Crippen molar-refractivity contribution in [3.63, 3.8) is 0 Å². The van der Waals surface area contributed by atoms with E-state index in [0.29, 0.717) is 24.7 Å². The number of nitrogens with zero attached hydrogens (tertiary/aromatic N) is 6. The van der Waals surface area contributed by atoms with Crippen LogP contribution in [0.15, 0.2) is 42.7 Å². The minimum absolute atomic E-state index is 0.158. The van der Waals surface area contributed by atoms with Gasteiger partial charge < -0.3 is 16.0 Å². The third kappa shape index (κ3) is 4.28. The van der Waals surface area contributed by atoms with Crippen LogP contribution >= 0.6 is 0 Å². The number of carbonyl (C=O) groups is 1. The maximum Gasteiger partial charge on any atom is 0.291 e. The number of anilines is 2. The van der Waals surface area contributed by atoms with Crippen molar-refractivity contribution >= 4 is 28.3 Å². The molecule has 34 heavy (non-hydrogen) atoms. The van der Waals surface area contributed by atoms with Crippen molar-refractivity contribution in [3.05, 3.63) is 71.1 Å². The number of aryl methyl sites for hydroxylation is 2. The van der Waals surface area contributed by atoms with Gasteiger partial charge in [-0.1, -0.05) is 18.2 Å². The van der Waals surface area contributed by atoms with Crippen molar-refractivity contribution in [2.75, 3.05) is 23.7 Å². The fraction of sp³-hybridized carbons (Fsp3) is 0.320. The highest BCUT2D eigenvalue weighted by atomic mass is 16.2. The summed E-state index contributed by atoms with van der Waals surface area (Å²) >= 11 is 0. The lowest BCUT2D eigenvalue weighted by Gasteiger charge is -2.16. The first-order valence-corrected chi connectivity index (χ1v) is 11.5. The normalized spacial score (nSPS) is 13.5. The molecule has 4 heterocycles. The van der Waals surface area contributed by atoms with E-state index in [4.69, 9.17) is 5.73 Å². The second kappa shape index (κ2) is 9.09. The van der Waals surface area contributed by atoms with Crippen LogP contribution in [0, 0.1) is 13.8 Å². The van der Waals surface area contributed by atoms with Crippen LogP contribution in [-0.2, 0) is 13.1 Å². The summed E-state index contributed by atoms with van der Waals surface area (Å²) in [5.41, 5.74) is 9.06. The highest BCUT2D eigenvalue weighted by molar-refractivity contribution is 5.94. The molecule has 4 aromatic rings. The fourth-order valence-electron chi connectivity index (χ4n) is 4.40. The lowest BCUT2D eigenvalue weighted by Crippen LogP contribution is -2.24. The molecule has 1 aliphatic heterocycles. The molecule has 1 amide bonds. The summed E-state index contributed by atoms with van der Waals surface area (Å²) < 4.78 is 1.73. The standard InChI is InChI=1S/C25H28N8O/c1-16-19(6-7-21-20(16)9-10-27-23(21)26)14-29-25(34)24-30-17(2)33(31-24)15-18-5-8-22(28-13-18)32-11-3-4-12-32/h5-10,13H,3-4,11-12,14-15H2,1-2H3,(H2,26,27)(H,29,34). The van der Waals surface area contributed by atoms with Crippen LogP contribution in [0.25, 0.3) is 10.8 Å². The van der Waals surface area contributed by atoms with E-state index < -0.39 is 0 Å². The van der Waals surface area contributed by atoms with Gasteiger partial charge in [0.1, 0.15) is 17.5 Å². The summed E-state index contributed by atoms with van der Waals surface area (Å²) in [5.74, 6) is 2.05. The molecular formula is C25H28N8O. The number of pyridine rings is 2. The maximum absolute atomic E-state index is 12.8. The largest absolute Gasteiger partial charge is 0.383 e. The molecule has 1 fully saturated rings. The van der Waals surface area contributed by atoms with Gasteiger partial charge in [-0.05, 0) is 60.9 Å². The van der Waals surface area contributed by atoms with E-state index in [9.17, 15) is 4.79 Å². The smallest absolute Gasteiger partial charge is 0.291 e. The molecule has 0 unspecified atom stereocenters. The summed E-state index contributed by atoms with van der Waals surface area (Å²) in [6.07, 6.45) is 6.01. The number of nitrogen functional groups attached to an aromatic ring is 1. The number of fused-ring (bicyclic) bond motifs is 1. The molecule has 0 bridgehead atoms. The second-order valence-electron chi connectivity index (χ2n) is 8.68. The van der Waals surface area contributed by atoms with Crippen LogP contribution in [0.3, 0.4) is 0 Å². The van der Waals surface area contributed by atoms with Gasteiger partial charge in [0.2, 0.25) is 5.82 Å². The fourth-order valence-corrected chi connectivity index (χ4v) is 4.40. The van der Waals surface area contributed by atoms with E-state index in [1.54, 1.807) is 10.9 Å². The SMILES string of the molecule is Cc1c(CNC(=O)c2nc(C)n(Cc3ccc(N4CCCC4)nc3)n2)ccc2c(N)nccc12. The van der Waals surface area contributed by atoms with E-state index in [2.05, 4.69) is 42.4 Å². The van der Waals surface area contributed by atoms with Gasteiger partial charge >= 0.3 is 0 Å². The minimum Gasteiger partial charge on any atom is -0.383 e. The van der Waals surface area contributed by atoms with Gasteiger partial charge in [-0.15, -0.1) is 5.10 Å². The molecule has 0 spiro atoms. The van der Waals surface area contributed by atoms with E-state index >= 15 is 0 Å². The molecule has 9 heteroatoms. The average Bonchev–Trinajstić information content (AvgIpc) is 3.50. The molecule has 5 rings (SSSR count). The second-order valence-corrected chi connectivity index (χ2v) is 8.68. The third-order valence-corrected chi connectivity index (χ3v) is 6.43. The van der Waals surface area contributed by atoms with Crippen molar-refractivity contribution < 1.29 is 4.79 Å². The van der Waals surface area contributed by atoms with Crippen molar-refractivity contribution in [2.24, 2.45) is 0 Å². The van der Waals surface area contributed by atoms with Gasteiger partial charge in [0.15, 0.2) is 0 Å². The average molecular weight is 457 g/mol. The highest BCUT2D eigenvalue weighted by Crippen LogP contribution is 2.25. The van der Waals surface area contributed by atoms with Gasteiger partial charge in [-0.2, -0.15) is 0 Å². The zero-order valence-corrected chi connectivity index (χ0v) is 19.5. The first-order valence-electron chi connectivity index (χ1n) is 11.5. The molecule has 9 nitrogen and oxygen atoms in total. The molecule has 1 saturated heterocycles. The Kier molecular flexibility index (Phi) is 5.83. The number of hydrogen-bond donors (Lipinski definition) is 2. The van der Waals surface area contributed by atoms with Crippen molar-refractivity contribution in [3.8, 4) is 0 Å². The minimum atomic E-state index is -0.307. The molecule has 3 N–H and O–H groups in total. The van der Waals surface area contributed by atoms with Gasteiger partial charge in [0.05, 0.1) is 6.54 Å². The van der Waals surface area contributed by atoms with Crippen molar-refractivity contribution in [1.82, 2.24) is 30.0 Å². The van der Waals surface area contributed by atoms with Crippen LogP contribution in [0.2, 0.25) is 0 Å². The number of nitrogens with one attached hydrogen (secondary N) is 1. The topological polar surface area (TPSA) is 115 Å².